The van der Waals surface area contributed by atoms with E-state index in [0.717, 1.165) is 41.9 Å². The Kier molecular flexibility index (Phi) is 11.6. The van der Waals surface area contributed by atoms with Gasteiger partial charge in [0.1, 0.15) is 10.0 Å². The highest BCUT2D eigenvalue weighted by atomic mass is 32.1. The van der Waals surface area contributed by atoms with Crippen LogP contribution < -0.4 is 30.0 Å². The molecule has 0 spiro atoms. The Balaban J connectivity index is 0.956. The monoisotopic (exact) mass is 934 g/mol. The maximum absolute atomic E-state index is 5.89. The number of ether oxygens (including phenoxy) is 4. The molecule has 3 aliphatic carbocycles. The predicted octanol–water partition coefficient (Wildman–Crippen LogP) is 11.8. The van der Waals surface area contributed by atoms with E-state index in [9.17, 15) is 0 Å². The summed E-state index contributed by atoms with van der Waals surface area (Å²) in [4.78, 5) is 6.31. The van der Waals surface area contributed by atoms with Gasteiger partial charge in [-0.1, -0.05) is 110 Å². The molecule has 4 aromatic carbocycles. The number of benzene rings is 4. The Morgan fingerprint density at radius 3 is 2.46 bits per heavy atom. The number of fused-ring (bicyclic) bond motifs is 7. The van der Waals surface area contributed by atoms with Crippen molar-refractivity contribution in [3.05, 3.63) is 193 Å². The minimum absolute atomic E-state index is 0.112. The summed E-state index contributed by atoms with van der Waals surface area (Å²) in [6.45, 7) is 6.83. The highest BCUT2D eigenvalue weighted by molar-refractivity contribution is 7.23. The summed E-state index contributed by atoms with van der Waals surface area (Å²) >= 11 is 5.66. The summed E-state index contributed by atoms with van der Waals surface area (Å²) in [5.74, 6) is 0.112. The highest BCUT2D eigenvalue weighted by Gasteiger charge is 2.26. The first-order chi connectivity index (χ1) is 33.1. The van der Waals surface area contributed by atoms with Gasteiger partial charge in [0, 0.05) is 58.7 Å². The topological polar surface area (TPSA) is 43.4 Å². The molecule has 0 saturated carbocycles. The molecule has 0 radical (unpaired) electrons. The van der Waals surface area contributed by atoms with E-state index in [4.69, 9.17) is 18.9 Å². The van der Waals surface area contributed by atoms with Crippen molar-refractivity contribution in [2.24, 2.45) is 5.92 Å². The van der Waals surface area contributed by atoms with Crippen LogP contribution in [0.25, 0.3) is 50.2 Å². The van der Waals surface area contributed by atoms with Crippen molar-refractivity contribution < 1.29 is 18.9 Å². The number of hydrogen-bond acceptors (Lipinski definition) is 9. The lowest BCUT2D eigenvalue weighted by atomic mass is 10.0. The molecule has 67 heavy (non-hydrogen) atoms. The van der Waals surface area contributed by atoms with Gasteiger partial charge in [0.15, 0.2) is 12.6 Å². The fourth-order valence-electron chi connectivity index (χ4n) is 9.82. The molecule has 6 nitrogen and oxygen atoms in total. The van der Waals surface area contributed by atoms with Crippen LogP contribution in [0.15, 0.2) is 145 Å². The van der Waals surface area contributed by atoms with E-state index in [1.807, 2.05) is 34.0 Å². The van der Waals surface area contributed by atoms with E-state index in [-0.39, 0.29) is 18.5 Å². The van der Waals surface area contributed by atoms with Crippen LogP contribution in [0.1, 0.15) is 53.7 Å². The lowest BCUT2D eigenvalue weighted by Crippen LogP contribution is -2.31. The van der Waals surface area contributed by atoms with Gasteiger partial charge in [0.25, 0.3) is 0 Å². The second kappa shape index (κ2) is 18.3. The van der Waals surface area contributed by atoms with Crippen LogP contribution in [0.4, 0.5) is 21.4 Å². The van der Waals surface area contributed by atoms with Gasteiger partial charge in [-0.3, -0.25) is 0 Å². The van der Waals surface area contributed by atoms with Gasteiger partial charge in [-0.05, 0) is 113 Å². The molecule has 0 bridgehead atoms. The standard InChI is InChI=1S/C58H50N2O4S3/c1-3-43(24-20-37(2)57-61-28-29-62-57)59(50-19-11-15-39-12-5-4-6-16-45(39)50)56-34-42-32-54-48(36-53(42)67-56)47-35-52-41(23-27-51(47)65-54)33-55(66-52)60(44-25-21-40(22-26-44)58-63-30-31-64-58)49-18-10-8-14-38-13-7-9-17-46(38)49/h3-7,9-15,17-26,32-37,57-58H,8,16,27-31H2,1-2H3/b24-20-,43-3+. The fourth-order valence-corrected chi connectivity index (χ4v) is 13.3. The van der Waals surface area contributed by atoms with E-state index in [0.29, 0.717) is 26.4 Å². The van der Waals surface area contributed by atoms with Crippen molar-refractivity contribution >= 4 is 106 Å². The van der Waals surface area contributed by atoms with Crippen molar-refractivity contribution in [1.29, 1.82) is 0 Å². The number of rotatable bonds is 10. The highest BCUT2D eigenvalue weighted by Crippen LogP contribution is 2.45. The van der Waals surface area contributed by atoms with Gasteiger partial charge in [-0.2, -0.15) is 0 Å². The molecule has 5 aliphatic rings. The van der Waals surface area contributed by atoms with Crippen molar-refractivity contribution in [3.63, 3.8) is 0 Å². The minimum atomic E-state index is -0.315. The fraction of sp³-hybridized carbons (Fsp3) is 0.207. The largest absolute Gasteiger partial charge is 0.350 e. The van der Waals surface area contributed by atoms with E-state index in [1.54, 1.807) is 0 Å². The van der Waals surface area contributed by atoms with Crippen molar-refractivity contribution in [2.75, 3.05) is 36.2 Å². The van der Waals surface area contributed by atoms with Crippen LogP contribution >= 0.6 is 34.0 Å². The SMILES string of the molecule is C/C=C(\C=C/C(C)C1OCCO1)N(c1cc2cc3sc4c(c3cc2s1)C=c1sc(N(C2=c3ccccc3=CCC=C2)c2ccc(C3OCCO3)cc2)cc1=CC4)c1cccc2c1CC=CC=C2. The molecule has 2 aliphatic heterocycles. The smallest absolute Gasteiger partial charge is 0.184 e. The Labute approximate surface area is 402 Å². The van der Waals surface area contributed by atoms with Crippen molar-refractivity contribution in [1.82, 2.24) is 0 Å². The summed E-state index contributed by atoms with van der Waals surface area (Å²) in [5.41, 5.74) is 9.51. The number of anilines is 4. The Morgan fingerprint density at radius 1 is 0.746 bits per heavy atom. The molecule has 2 saturated heterocycles. The molecule has 334 valence electrons. The Hall–Kier alpha value is -5.88. The molecule has 0 amide bonds. The lowest BCUT2D eigenvalue weighted by molar-refractivity contribution is -0.0657. The third-order valence-corrected chi connectivity index (χ3v) is 16.5. The van der Waals surface area contributed by atoms with Crippen molar-refractivity contribution in [3.8, 4) is 0 Å². The first kappa shape index (κ1) is 42.5. The van der Waals surface area contributed by atoms with E-state index < -0.39 is 0 Å². The molecule has 1 unspecified atom stereocenters. The molecule has 5 heterocycles. The molecule has 3 aromatic heterocycles. The van der Waals surface area contributed by atoms with Crippen LogP contribution in [0.5, 0.6) is 0 Å². The van der Waals surface area contributed by atoms with Crippen LogP contribution in [-0.2, 0) is 31.8 Å². The van der Waals surface area contributed by atoms with Gasteiger partial charge in [-0.25, -0.2) is 0 Å². The average Bonchev–Trinajstić information content (AvgIpc) is 4.20. The summed E-state index contributed by atoms with van der Waals surface area (Å²) in [5, 5.41) is 8.69. The zero-order valence-electron chi connectivity index (χ0n) is 37.5. The zero-order chi connectivity index (χ0) is 44.8. The van der Waals surface area contributed by atoms with Crippen LogP contribution in [0, 0.1) is 5.92 Å². The Bertz CT molecular complexity index is 3460. The summed E-state index contributed by atoms with van der Waals surface area (Å²) < 4.78 is 27.4. The van der Waals surface area contributed by atoms with Gasteiger partial charge in [0.05, 0.1) is 37.8 Å². The summed E-state index contributed by atoms with van der Waals surface area (Å²) in [6.07, 6.45) is 29.4. The number of thiophene rings is 3. The maximum atomic E-state index is 5.89. The van der Waals surface area contributed by atoms with E-state index >= 15 is 0 Å². The third-order valence-electron chi connectivity index (χ3n) is 13.2. The molecule has 1 atom stereocenters. The molecule has 12 rings (SSSR count). The van der Waals surface area contributed by atoms with E-state index in [2.05, 4.69) is 188 Å². The number of allylic oxidation sites excluding steroid dienone is 6. The first-order valence-electron chi connectivity index (χ1n) is 23.3. The first-order valence-corrected chi connectivity index (χ1v) is 25.7. The summed E-state index contributed by atoms with van der Waals surface area (Å²) in [7, 11) is 0. The van der Waals surface area contributed by atoms with Gasteiger partial charge in [-0.15, -0.1) is 34.0 Å². The van der Waals surface area contributed by atoms with Gasteiger partial charge < -0.3 is 28.7 Å². The maximum Gasteiger partial charge on any atom is 0.184 e. The van der Waals surface area contributed by atoms with Gasteiger partial charge in [0.2, 0.25) is 0 Å². The average molecular weight is 935 g/mol. The van der Waals surface area contributed by atoms with E-state index in [1.165, 1.54) is 77.6 Å². The molecule has 9 heteroatoms. The second-order valence-electron chi connectivity index (χ2n) is 17.4. The van der Waals surface area contributed by atoms with Crippen LogP contribution in [0.2, 0.25) is 0 Å². The minimum Gasteiger partial charge on any atom is -0.350 e. The molecule has 2 fully saturated rings. The summed E-state index contributed by atoms with van der Waals surface area (Å²) in [6, 6.07) is 33.8. The zero-order valence-corrected chi connectivity index (χ0v) is 40.0. The number of hydrogen-bond donors (Lipinski definition) is 0. The van der Waals surface area contributed by atoms with Crippen LogP contribution in [0.3, 0.4) is 0 Å². The lowest BCUT2D eigenvalue weighted by Gasteiger charge is -2.28. The molecular weight excluding hydrogens is 885 g/mol. The second-order valence-corrected chi connectivity index (χ2v) is 20.7. The van der Waals surface area contributed by atoms with Crippen LogP contribution in [-0.4, -0.2) is 32.7 Å². The molecule has 0 N–H and O–H groups in total. The molecule has 7 aromatic rings. The van der Waals surface area contributed by atoms with Crippen molar-refractivity contribution in [2.45, 2.75) is 45.7 Å². The third kappa shape index (κ3) is 8.12. The number of nitrogens with zero attached hydrogens (tertiary/aromatic N) is 2. The molecular formula is C58H50N2O4S3. The normalized spacial score (nSPS) is 17.6. The quantitative estimate of drug-likeness (QED) is 0.127. The van der Waals surface area contributed by atoms with Gasteiger partial charge >= 0.3 is 0 Å². The predicted molar refractivity (Wildman–Crippen MR) is 281 cm³/mol. The Morgan fingerprint density at radius 2 is 1.60 bits per heavy atom.